The molecule has 2 aliphatic heterocycles. The Morgan fingerprint density at radius 3 is 2.87 bits per heavy atom. The molecule has 156 valence electrons. The third-order valence-electron chi connectivity index (χ3n) is 5.67. The zero-order chi connectivity index (χ0) is 20.7. The molecule has 8 nitrogen and oxygen atoms in total. The van der Waals surface area contributed by atoms with Crippen molar-refractivity contribution in [2.24, 2.45) is 0 Å². The van der Waals surface area contributed by atoms with Crippen LogP contribution in [0.4, 0.5) is 10.5 Å². The van der Waals surface area contributed by atoms with Crippen LogP contribution < -0.4 is 20.1 Å². The first-order chi connectivity index (χ1) is 14.6. The van der Waals surface area contributed by atoms with Crippen LogP contribution in [0.2, 0.25) is 0 Å². The predicted octanol–water partition coefficient (Wildman–Crippen LogP) is 2.63. The van der Waals surface area contributed by atoms with Gasteiger partial charge in [-0.05, 0) is 42.8 Å². The van der Waals surface area contributed by atoms with Crippen LogP contribution in [0.3, 0.4) is 0 Å². The Balaban J connectivity index is 1.31. The molecule has 9 heteroatoms. The number of fused-ring (bicyclic) bond motifs is 3. The molecule has 1 aromatic carbocycles. The van der Waals surface area contributed by atoms with Gasteiger partial charge in [-0.3, -0.25) is 14.5 Å². The van der Waals surface area contributed by atoms with E-state index in [0.29, 0.717) is 36.8 Å². The summed E-state index contributed by atoms with van der Waals surface area (Å²) in [6, 6.07) is 6.49. The Labute approximate surface area is 177 Å². The lowest BCUT2D eigenvalue weighted by atomic mass is 9.80. The molecule has 5 rings (SSSR count). The van der Waals surface area contributed by atoms with Gasteiger partial charge in [-0.15, -0.1) is 11.3 Å². The summed E-state index contributed by atoms with van der Waals surface area (Å²) in [5.41, 5.74) is 0.340. The molecule has 3 heterocycles. The molecule has 0 bridgehead atoms. The number of aryl methyl sites for hydroxylation is 1. The summed E-state index contributed by atoms with van der Waals surface area (Å²) in [6.45, 7) is 0.776. The second kappa shape index (κ2) is 7.32. The van der Waals surface area contributed by atoms with E-state index in [1.165, 1.54) is 0 Å². The van der Waals surface area contributed by atoms with Gasteiger partial charge in [0.05, 0.1) is 13.2 Å². The van der Waals surface area contributed by atoms with E-state index in [2.05, 4.69) is 10.6 Å². The van der Waals surface area contributed by atoms with Crippen molar-refractivity contribution in [3.8, 4) is 11.5 Å². The molecule has 1 spiro atoms. The van der Waals surface area contributed by atoms with Crippen LogP contribution in [0, 0.1) is 0 Å². The fourth-order valence-corrected chi connectivity index (χ4v) is 5.27. The second-order valence-corrected chi connectivity index (χ2v) is 8.60. The Bertz CT molecular complexity index is 1040. The summed E-state index contributed by atoms with van der Waals surface area (Å²) >= 11 is 1.60. The third kappa shape index (κ3) is 3.09. The van der Waals surface area contributed by atoms with Crippen molar-refractivity contribution in [3.05, 3.63) is 40.1 Å². The average molecular weight is 427 g/mol. The van der Waals surface area contributed by atoms with Crippen molar-refractivity contribution < 1.29 is 23.9 Å². The summed E-state index contributed by atoms with van der Waals surface area (Å²) in [4.78, 5) is 40.5. The topological polar surface area (TPSA) is 97.0 Å². The Kier molecular flexibility index (Phi) is 4.62. The minimum Gasteiger partial charge on any atom is -0.490 e. The predicted molar refractivity (Wildman–Crippen MR) is 110 cm³/mol. The second-order valence-electron chi connectivity index (χ2n) is 7.60. The number of nitrogens with one attached hydrogen (secondary N) is 2. The van der Waals surface area contributed by atoms with Gasteiger partial charge in [-0.1, -0.05) is 0 Å². The van der Waals surface area contributed by atoms with E-state index in [1.807, 2.05) is 11.4 Å². The molecule has 1 fully saturated rings. The Morgan fingerprint density at radius 1 is 1.17 bits per heavy atom. The number of imide groups is 1. The van der Waals surface area contributed by atoms with Gasteiger partial charge in [0.2, 0.25) is 5.91 Å². The van der Waals surface area contributed by atoms with Gasteiger partial charge < -0.3 is 20.1 Å². The first kappa shape index (κ1) is 18.9. The SMILES string of the molecule is O=C(CN1C(=O)NC2(CCCc3sccc32)C1=O)Nc1ccc2c(c1)OCCCO2. The number of hydrogen-bond acceptors (Lipinski definition) is 6. The van der Waals surface area contributed by atoms with Gasteiger partial charge in [0.1, 0.15) is 12.1 Å². The molecule has 1 aliphatic carbocycles. The molecule has 30 heavy (non-hydrogen) atoms. The number of carbonyl (C=O) groups excluding carboxylic acids is 3. The fourth-order valence-electron chi connectivity index (χ4n) is 4.27. The number of ether oxygens (including phenoxy) is 2. The van der Waals surface area contributed by atoms with E-state index < -0.39 is 17.5 Å². The molecule has 1 saturated heterocycles. The van der Waals surface area contributed by atoms with Crippen molar-refractivity contribution in [2.45, 2.75) is 31.2 Å². The standard InChI is InChI=1S/C21H21N3O5S/c25-18(22-13-4-5-15-16(11-13)29-9-2-8-28-15)12-24-19(26)21(23-20(24)27)7-1-3-17-14(21)6-10-30-17/h4-6,10-11H,1-3,7-9,12H2,(H,22,25)(H,23,27). The van der Waals surface area contributed by atoms with E-state index in [0.717, 1.165) is 34.6 Å². The lowest BCUT2D eigenvalue weighted by Crippen LogP contribution is -2.46. The fraction of sp³-hybridized carbons (Fsp3) is 0.381. The number of thiophene rings is 1. The first-order valence-corrected chi connectivity index (χ1v) is 10.9. The minimum absolute atomic E-state index is 0.347. The van der Waals surface area contributed by atoms with Gasteiger partial charge in [0, 0.05) is 28.6 Å². The minimum atomic E-state index is -1.04. The molecular formula is C21H21N3O5S. The molecule has 4 amide bonds. The van der Waals surface area contributed by atoms with Crippen LogP contribution >= 0.6 is 11.3 Å². The molecule has 1 unspecified atom stereocenters. The Hall–Kier alpha value is -3.07. The number of anilines is 1. The summed E-state index contributed by atoms with van der Waals surface area (Å²) in [6.07, 6.45) is 3.05. The maximum Gasteiger partial charge on any atom is 0.325 e. The number of benzene rings is 1. The van der Waals surface area contributed by atoms with Crippen LogP contribution in [-0.4, -0.2) is 42.5 Å². The average Bonchev–Trinajstić information content (AvgIpc) is 3.20. The van der Waals surface area contributed by atoms with Crippen molar-refractivity contribution >= 4 is 34.9 Å². The summed E-state index contributed by atoms with van der Waals surface area (Å²) in [5.74, 6) is 0.379. The smallest absolute Gasteiger partial charge is 0.325 e. The van der Waals surface area contributed by atoms with Gasteiger partial charge in [-0.2, -0.15) is 0 Å². The van der Waals surface area contributed by atoms with Crippen molar-refractivity contribution in [3.63, 3.8) is 0 Å². The number of nitrogens with zero attached hydrogens (tertiary/aromatic N) is 1. The lowest BCUT2D eigenvalue weighted by molar-refractivity contribution is -0.134. The lowest BCUT2D eigenvalue weighted by Gasteiger charge is -2.31. The van der Waals surface area contributed by atoms with E-state index in [4.69, 9.17) is 9.47 Å². The van der Waals surface area contributed by atoms with Gasteiger partial charge in [-0.25, -0.2) is 4.79 Å². The highest BCUT2D eigenvalue weighted by Gasteiger charge is 2.54. The zero-order valence-electron chi connectivity index (χ0n) is 16.2. The quantitative estimate of drug-likeness (QED) is 0.734. The molecular weight excluding hydrogens is 406 g/mol. The molecule has 2 N–H and O–H groups in total. The largest absolute Gasteiger partial charge is 0.490 e. The van der Waals surface area contributed by atoms with E-state index in [-0.39, 0.29) is 12.5 Å². The maximum absolute atomic E-state index is 13.2. The number of amides is 4. The molecule has 0 saturated carbocycles. The van der Waals surface area contributed by atoms with Crippen LogP contribution in [0.5, 0.6) is 11.5 Å². The molecule has 3 aliphatic rings. The molecule has 1 atom stereocenters. The molecule has 2 aromatic rings. The number of carbonyl (C=O) groups is 3. The molecule has 1 aromatic heterocycles. The summed E-state index contributed by atoms with van der Waals surface area (Å²) in [7, 11) is 0. The summed E-state index contributed by atoms with van der Waals surface area (Å²) in [5, 5.41) is 7.54. The van der Waals surface area contributed by atoms with Gasteiger partial charge in [0.25, 0.3) is 5.91 Å². The highest BCUT2D eigenvalue weighted by atomic mass is 32.1. The molecule has 0 radical (unpaired) electrons. The number of hydrogen-bond donors (Lipinski definition) is 2. The first-order valence-electron chi connectivity index (χ1n) is 9.97. The maximum atomic E-state index is 13.2. The zero-order valence-corrected chi connectivity index (χ0v) is 17.0. The van der Waals surface area contributed by atoms with Crippen LogP contribution in [0.25, 0.3) is 0 Å². The van der Waals surface area contributed by atoms with E-state index >= 15 is 0 Å². The number of rotatable bonds is 3. The number of urea groups is 1. The monoisotopic (exact) mass is 427 g/mol. The van der Waals surface area contributed by atoms with Crippen LogP contribution in [0.15, 0.2) is 29.6 Å². The summed E-state index contributed by atoms with van der Waals surface area (Å²) < 4.78 is 11.2. The van der Waals surface area contributed by atoms with Crippen molar-refractivity contribution in [1.82, 2.24) is 10.2 Å². The highest BCUT2D eigenvalue weighted by Crippen LogP contribution is 2.42. The van der Waals surface area contributed by atoms with Gasteiger partial charge in [0.15, 0.2) is 11.5 Å². The van der Waals surface area contributed by atoms with Crippen molar-refractivity contribution in [2.75, 3.05) is 25.1 Å². The Morgan fingerprint density at radius 2 is 2.00 bits per heavy atom. The highest BCUT2D eigenvalue weighted by molar-refractivity contribution is 7.10. The van der Waals surface area contributed by atoms with E-state index in [1.54, 1.807) is 29.5 Å². The van der Waals surface area contributed by atoms with Crippen molar-refractivity contribution in [1.29, 1.82) is 0 Å². The van der Waals surface area contributed by atoms with Crippen LogP contribution in [-0.2, 0) is 21.5 Å². The van der Waals surface area contributed by atoms with Gasteiger partial charge >= 0.3 is 6.03 Å². The van der Waals surface area contributed by atoms with Crippen LogP contribution in [0.1, 0.15) is 29.7 Å². The third-order valence-corrected chi connectivity index (χ3v) is 6.65. The van der Waals surface area contributed by atoms with E-state index in [9.17, 15) is 14.4 Å². The normalized spacial score (nSPS) is 22.5.